The van der Waals surface area contributed by atoms with E-state index in [2.05, 4.69) is 36.3 Å². The van der Waals surface area contributed by atoms with E-state index in [1.54, 1.807) is 29.9 Å². The Morgan fingerprint density at radius 3 is 2.51 bits per heavy atom. The van der Waals surface area contributed by atoms with Crippen molar-refractivity contribution in [2.75, 3.05) is 29.5 Å². The predicted octanol–water partition coefficient (Wildman–Crippen LogP) is 5.88. The fourth-order valence-electron chi connectivity index (χ4n) is 4.17. The van der Waals surface area contributed by atoms with Crippen molar-refractivity contribution in [2.45, 2.75) is 46.3 Å². The molecule has 2 aromatic heterocycles. The number of hydrogen-bond acceptors (Lipinski definition) is 7. The van der Waals surface area contributed by atoms with Crippen LogP contribution in [0.2, 0.25) is 0 Å². The topological polar surface area (TPSA) is 109 Å². The number of rotatable bonds is 10. The third kappa shape index (κ3) is 7.60. The molecule has 0 radical (unpaired) electrons. The Balaban J connectivity index is 1.58. The van der Waals surface area contributed by atoms with E-state index < -0.39 is 17.6 Å². The van der Waals surface area contributed by atoms with Crippen molar-refractivity contribution in [3.05, 3.63) is 82.8 Å². The molecule has 2 heterocycles. The number of nitrogens with one attached hydrogen (secondary N) is 4. The Hall–Kier alpha value is -4.45. The number of aromatic nitrogens is 4. The Morgan fingerprint density at radius 1 is 1.02 bits per heavy atom. The molecule has 9 nitrogen and oxygen atoms in total. The van der Waals surface area contributed by atoms with Crippen LogP contribution < -0.4 is 21.3 Å². The molecule has 4 N–H and O–H groups in total. The third-order valence-electron chi connectivity index (χ3n) is 6.26. The molecule has 2 aromatic carbocycles. The minimum absolute atomic E-state index is 0.0627. The number of anilines is 4. The number of aryl methyl sites for hydroxylation is 2. The summed E-state index contributed by atoms with van der Waals surface area (Å²) in [6.07, 6.45) is -2.78. The van der Waals surface area contributed by atoms with Crippen molar-refractivity contribution in [2.24, 2.45) is 0 Å². The summed E-state index contributed by atoms with van der Waals surface area (Å²) in [5, 5.41) is 16.8. The number of amides is 1. The first kappa shape index (κ1) is 29.5. The van der Waals surface area contributed by atoms with Gasteiger partial charge in [0.25, 0.3) is 5.91 Å². The first-order chi connectivity index (χ1) is 19.4. The number of carbonyl (C=O) groups excluding carboxylic acids is 1. The van der Waals surface area contributed by atoms with Crippen LogP contribution in [0.4, 0.5) is 36.2 Å². The Morgan fingerprint density at radius 2 is 1.80 bits per heavy atom. The van der Waals surface area contributed by atoms with E-state index in [9.17, 15) is 18.0 Å². The maximum atomic E-state index is 13.6. The van der Waals surface area contributed by atoms with E-state index in [0.29, 0.717) is 47.4 Å². The first-order valence-corrected chi connectivity index (χ1v) is 13.1. The van der Waals surface area contributed by atoms with Gasteiger partial charge in [0, 0.05) is 42.2 Å². The lowest BCUT2D eigenvalue weighted by molar-refractivity contribution is -0.137. The van der Waals surface area contributed by atoms with Gasteiger partial charge in [-0.1, -0.05) is 19.9 Å². The van der Waals surface area contributed by atoms with Gasteiger partial charge >= 0.3 is 6.18 Å². The van der Waals surface area contributed by atoms with Crippen LogP contribution in [0.3, 0.4) is 0 Å². The predicted molar refractivity (Wildman–Crippen MR) is 154 cm³/mol. The zero-order valence-electron chi connectivity index (χ0n) is 23.5. The van der Waals surface area contributed by atoms with Gasteiger partial charge < -0.3 is 21.3 Å². The van der Waals surface area contributed by atoms with Gasteiger partial charge in [-0.25, -0.2) is 9.97 Å². The van der Waals surface area contributed by atoms with Crippen molar-refractivity contribution in [1.29, 1.82) is 0 Å². The molecule has 41 heavy (non-hydrogen) atoms. The van der Waals surface area contributed by atoms with E-state index >= 15 is 0 Å². The molecule has 1 amide bonds. The highest BCUT2D eigenvalue weighted by molar-refractivity contribution is 6.04. The summed E-state index contributed by atoms with van der Waals surface area (Å²) < 4.78 is 42.5. The van der Waals surface area contributed by atoms with Crippen LogP contribution in [-0.2, 0) is 12.6 Å². The van der Waals surface area contributed by atoms with Gasteiger partial charge in [0.15, 0.2) is 5.82 Å². The molecular weight excluding hydrogens is 533 g/mol. The molecule has 4 aromatic rings. The molecule has 0 spiro atoms. The average Bonchev–Trinajstić information content (AvgIpc) is 3.29. The highest BCUT2D eigenvalue weighted by Gasteiger charge is 2.31. The van der Waals surface area contributed by atoms with E-state index in [0.717, 1.165) is 23.4 Å². The maximum Gasteiger partial charge on any atom is 0.416 e. The van der Waals surface area contributed by atoms with Gasteiger partial charge in [-0.2, -0.15) is 23.0 Å². The molecule has 12 heteroatoms. The lowest BCUT2D eigenvalue weighted by Crippen LogP contribution is -2.25. The Labute approximate surface area is 236 Å². The number of nitrogens with zero attached hydrogens (tertiary/aromatic N) is 4. The Kier molecular flexibility index (Phi) is 8.92. The maximum absolute atomic E-state index is 13.6. The van der Waals surface area contributed by atoms with Crippen LogP contribution >= 0.6 is 0 Å². The van der Waals surface area contributed by atoms with Crippen LogP contribution in [0.25, 0.3) is 5.82 Å². The fourth-order valence-corrected chi connectivity index (χ4v) is 4.17. The van der Waals surface area contributed by atoms with Crippen molar-refractivity contribution in [1.82, 2.24) is 25.1 Å². The van der Waals surface area contributed by atoms with Crippen LogP contribution in [0.15, 0.2) is 54.9 Å². The molecule has 4 rings (SSSR count). The van der Waals surface area contributed by atoms with Gasteiger partial charge in [-0.05, 0) is 68.3 Å². The van der Waals surface area contributed by atoms with Crippen molar-refractivity contribution in [3.8, 4) is 5.82 Å². The van der Waals surface area contributed by atoms with Gasteiger partial charge in [0.1, 0.15) is 18.0 Å². The second-order valence-corrected chi connectivity index (χ2v) is 9.98. The van der Waals surface area contributed by atoms with Crippen molar-refractivity contribution < 1.29 is 18.0 Å². The first-order valence-electron chi connectivity index (χ1n) is 13.1. The number of carbonyl (C=O) groups is 1. The van der Waals surface area contributed by atoms with Gasteiger partial charge in [-0.3, -0.25) is 4.79 Å². The molecule has 216 valence electrons. The van der Waals surface area contributed by atoms with E-state index in [1.807, 2.05) is 39.8 Å². The van der Waals surface area contributed by atoms with Crippen LogP contribution in [0.1, 0.15) is 46.6 Å². The number of alkyl halides is 3. The largest absolute Gasteiger partial charge is 0.416 e. The van der Waals surface area contributed by atoms with Crippen LogP contribution in [0.5, 0.6) is 0 Å². The number of halogens is 3. The normalized spacial score (nSPS) is 11.5. The summed E-state index contributed by atoms with van der Waals surface area (Å²) in [7, 11) is 1.76. The Bertz CT molecular complexity index is 1530. The molecule has 0 bridgehead atoms. The molecule has 0 atom stereocenters. The summed E-state index contributed by atoms with van der Waals surface area (Å²) in [4.78, 5) is 21.6. The van der Waals surface area contributed by atoms with Gasteiger partial charge in [0.05, 0.1) is 11.3 Å². The monoisotopic (exact) mass is 566 g/mol. The average molecular weight is 567 g/mol. The van der Waals surface area contributed by atoms with Gasteiger partial charge in [0.2, 0.25) is 0 Å². The molecule has 0 fully saturated rings. The summed E-state index contributed by atoms with van der Waals surface area (Å²) >= 11 is 0. The third-order valence-corrected chi connectivity index (χ3v) is 6.26. The van der Waals surface area contributed by atoms with Crippen molar-refractivity contribution >= 4 is 28.9 Å². The zero-order chi connectivity index (χ0) is 29.7. The van der Waals surface area contributed by atoms with Crippen LogP contribution in [0, 0.1) is 13.8 Å². The molecule has 0 saturated carbocycles. The van der Waals surface area contributed by atoms with Gasteiger partial charge in [-0.15, -0.1) is 0 Å². The lowest BCUT2D eigenvalue weighted by Gasteiger charge is -2.15. The standard InChI is InChI=1S/C29H33F3N8O/c1-17(2)34-9-8-20-11-21(13-22(12-20)29(30,31)32)28(41)37-23-7-6-18(3)24(14-23)38-27-10-19(4)39-40(27)26-15-25(33-5)35-16-36-26/h6-7,10-17,34,38H,8-9H2,1-5H3,(H,37,41)(H,33,35,36). The highest BCUT2D eigenvalue weighted by atomic mass is 19.4. The smallest absolute Gasteiger partial charge is 0.373 e. The van der Waals surface area contributed by atoms with E-state index in [-0.39, 0.29) is 11.6 Å². The number of benzene rings is 2. The minimum atomic E-state index is -4.57. The SMILES string of the molecule is CNc1cc(-n2nc(C)cc2Nc2cc(NC(=O)c3cc(CCNC(C)C)cc(C(F)(F)F)c3)ccc2C)ncn1. The highest BCUT2D eigenvalue weighted by Crippen LogP contribution is 2.32. The minimum Gasteiger partial charge on any atom is -0.373 e. The van der Waals surface area contributed by atoms with Crippen molar-refractivity contribution in [3.63, 3.8) is 0 Å². The quantitative estimate of drug-likeness (QED) is 0.190. The molecule has 0 aliphatic carbocycles. The second kappa shape index (κ2) is 12.4. The summed E-state index contributed by atoms with van der Waals surface area (Å²) in [5.74, 6) is 1.17. The summed E-state index contributed by atoms with van der Waals surface area (Å²) in [6.45, 7) is 8.16. The molecule has 0 aliphatic rings. The van der Waals surface area contributed by atoms with Crippen LogP contribution in [-0.4, -0.2) is 45.3 Å². The molecule has 0 unspecified atom stereocenters. The molecule has 0 saturated heterocycles. The fraction of sp³-hybridized carbons (Fsp3) is 0.310. The second-order valence-electron chi connectivity index (χ2n) is 9.98. The zero-order valence-corrected chi connectivity index (χ0v) is 23.5. The molecular formula is C29H33F3N8O. The number of hydrogen-bond donors (Lipinski definition) is 4. The van der Waals surface area contributed by atoms with E-state index in [1.165, 1.54) is 12.4 Å². The summed E-state index contributed by atoms with van der Waals surface area (Å²) in [5.41, 5.74) is 2.24. The lowest BCUT2D eigenvalue weighted by atomic mass is 10.0. The molecule has 0 aliphatic heterocycles. The van der Waals surface area contributed by atoms with E-state index in [4.69, 9.17) is 0 Å². The summed E-state index contributed by atoms with van der Waals surface area (Å²) in [6, 6.07) is 12.5.